The maximum absolute atomic E-state index is 12.4. The lowest BCUT2D eigenvalue weighted by Gasteiger charge is -2.36. The van der Waals surface area contributed by atoms with Crippen LogP contribution in [0.3, 0.4) is 0 Å². The molecule has 33 heavy (non-hydrogen) atoms. The van der Waals surface area contributed by atoms with Crippen molar-refractivity contribution in [1.29, 1.82) is 0 Å². The van der Waals surface area contributed by atoms with Gasteiger partial charge in [-0.1, -0.05) is 12.1 Å². The molecule has 2 aromatic rings. The molecule has 8 nitrogen and oxygen atoms in total. The van der Waals surface area contributed by atoms with Crippen LogP contribution in [0.25, 0.3) is 11.0 Å². The van der Waals surface area contributed by atoms with Crippen molar-refractivity contribution in [2.75, 3.05) is 39.8 Å². The Labute approximate surface area is 214 Å². The molecule has 184 valence electrons. The van der Waals surface area contributed by atoms with Crippen molar-refractivity contribution in [3.05, 3.63) is 30.1 Å². The molecule has 0 unspecified atom stereocenters. The number of piperidine rings is 1. The summed E-state index contributed by atoms with van der Waals surface area (Å²) in [6, 6.07) is 8.09. The number of guanidine groups is 1. The van der Waals surface area contributed by atoms with Crippen LogP contribution in [0, 0.1) is 5.92 Å². The zero-order valence-corrected chi connectivity index (χ0v) is 22.9. The number of imidazole rings is 1. The molecule has 0 atom stereocenters. The molecule has 1 aliphatic heterocycles. The number of hydrogen-bond acceptors (Lipinski definition) is 4. The maximum Gasteiger partial charge on any atom is 0.410 e. The molecular formula is C24H39IN6O2. The summed E-state index contributed by atoms with van der Waals surface area (Å²) in [5.74, 6) is 2.39. The van der Waals surface area contributed by atoms with E-state index in [1.54, 1.807) is 0 Å². The van der Waals surface area contributed by atoms with Crippen molar-refractivity contribution in [2.45, 2.75) is 52.6 Å². The van der Waals surface area contributed by atoms with Crippen LogP contribution in [-0.4, -0.2) is 77.2 Å². The SMILES string of the molecule is CCN(CC1CCN(C(=NC)NCCc2nc3ccccc3[nH]2)CC1)C(=O)OC(C)(C)C.I. The molecule has 0 radical (unpaired) electrons. The van der Waals surface area contributed by atoms with Gasteiger partial charge in [-0.3, -0.25) is 4.99 Å². The van der Waals surface area contributed by atoms with Gasteiger partial charge in [0.1, 0.15) is 11.4 Å². The fourth-order valence-corrected chi connectivity index (χ4v) is 4.05. The Hall–Kier alpha value is -2.04. The molecule has 0 bridgehead atoms. The number of aromatic nitrogens is 2. The maximum atomic E-state index is 12.4. The topological polar surface area (TPSA) is 85.9 Å². The molecule has 1 amide bonds. The molecule has 3 rings (SSSR count). The average Bonchev–Trinajstić information content (AvgIpc) is 3.17. The van der Waals surface area contributed by atoms with Crippen molar-refractivity contribution >= 4 is 47.1 Å². The predicted molar refractivity (Wildman–Crippen MR) is 144 cm³/mol. The number of likely N-dealkylation sites (tertiary alicyclic amines) is 1. The third-order valence-electron chi connectivity index (χ3n) is 5.72. The zero-order valence-electron chi connectivity index (χ0n) is 20.6. The number of nitrogens with zero attached hydrogens (tertiary/aromatic N) is 4. The summed E-state index contributed by atoms with van der Waals surface area (Å²) in [4.78, 5) is 29.0. The van der Waals surface area contributed by atoms with Crippen LogP contribution in [0.2, 0.25) is 0 Å². The number of H-pyrrole nitrogens is 1. The molecule has 9 heteroatoms. The Morgan fingerprint density at radius 2 is 2.00 bits per heavy atom. The Balaban J connectivity index is 0.00000385. The highest BCUT2D eigenvalue weighted by Crippen LogP contribution is 2.20. The van der Waals surface area contributed by atoms with E-state index >= 15 is 0 Å². The minimum absolute atomic E-state index is 0. The van der Waals surface area contributed by atoms with Gasteiger partial charge in [0.25, 0.3) is 0 Å². The van der Waals surface area contributed by atoms with Crippen LogP contribution < -0.4 is 5.32 Å². The zero-order chi connectivity index (χ0) is 23.1. The monoisotopic (exact) mass is 570 g/mol. The molecule has 1 fully saturated rings. The number of aromatic amines is 1. The van der Waals surface area contributed by atoms with Crippen molar-refractivity contribution in [3.8, 4) is 0 Å². The molecule has 2 N–H and O–H groups in total. The second-order valence-corrected chi connectivity index (χ2v) is 9.37. The summed E-state index contributed by atoms with van der Waals surface area (Å²) < 4.78 is 5.55. The molecule has 1 saturated heterocycles. The van der Waals surface area contributed by atoms with Gasteiger partial charge < -0.3 is 24.8 Å². The highest BCUT2D eigenvalue weighted by molar-refractivity contribution is 14.0. The Morgan fingerprint density at radius 1 is 1.30 bits per heavy atom. The second-order valence-electron chi connectivity index (χ2n) is 9.37. The number of hydrogen-bond donors (Lipinski definition) is 2. The van der Waals surface area contributed by atoms with E-state index in [4.69, 9.17) is 4.74 Å². The number of nitrogens with one attached hydrogen (secondary N) is 2. The van der Waals surface area contributed by atoms with Gasteiger partial charge in [-0.15, -0.1) is 24.0 Å². The predicted octanol–water partition coefficient (Wildman–Crippen LogP) is 4.27. The van der Waals surface area contributed by atoms with Gasteiger partial charge in [-0.2, -0.15) is 0 Å². The first-order valence-electron chi connectivity index (χ1n) is 11.7. The highest BCUT2D eigenvalue weighted by Gasteiger charge is 2.27. The summed E-state index contributed by atoms with van der Waals surface area (Å²) in [6.45, 7) is 11.8. The van der Waals surface area contributed by atoms with Gasteiger partial charge in [-0.25, -0.2) is 9.78 Å². The van der Waals surface area contributed by atoms with Crippen molar-refractivity contribution in [2.24, 2.45) is 10.9 Å². The van der Waals surface area contributed by atoms with Gasteiger partial charge in [0.2, 0.25) is 0 Å². The van der Waals surface area contributed by atoms with E-state index in [9.17, 15) is 4.79 Å². The Bertz CT molecular complexity index is 882. The third-order valence-corrected chi connectivity index (χ3v) is 5.72. The second kappa shape index (κ2) is 12.4. The number of para-hydroxylation sites is 2. The summed E-state index contributed by atoms with van der Waals surface area (Å²) in [5, 5.41) is 3.47. The van der Waals surface area contributed by atoms with Gasteiger partial charge in [0, 0.05) is 46.2 Å². The van der Waals surface area contributed by atoms with Gasteiger partial charge >= 0.3 is 6.09 Å². The van der Waals surface area contributed by atoms with Crippen molar-refractivity contribution in [1.82, 2.24) is 25.1 Å². The van der Waals surface area contributed by atoms with Crippen LogP contribution in [-0.2, 0) is 11.2 Å². The van der Waals surface area contributed by atoms with Gasteiger partial charge in [-0.05, 0) is 58.6 Å². The Morgan fingerprint density at radius 3 is 2.61 bits per heavy atom. The van der Waals surface area contributed by atoms with E-state index in [0.717, 1.165) is 68.3 Å². The first kappa shape index (κ1) is 27.2. The van der Waals surface area contributed by atoms with E-state index in [1.165, 1.54) is 0 Å². The van der Waals surface area contributed by atoms with Gasteiger partial charge in [0.05, 0.1) is 11.0 Å². The normalized spacial score (nSPS) is 15.3. The average molecular weight is 571 g/mol. The number of aliphatic imine (C=N–C) groups is 1. The molecule has 1 aromatic heterocycles. The third kappa shape index (κ3) is 8.04. The van der Waals surface area contributed by atoms with E-state index in [0.29, 0.717) is 12.5 Å². The van der Waals surface area contributed by atoms with Crippen molar-refractivity contribution < 1.29 is 9.53 Å². The van der Waals surface area contributed by atoms with Crippen LogP contribution in [0.4, 0.5) is 4.79 Å². The van der Waals surface area contributed by atoms with Crippen molar-refractivity contribution in [3.63, 3.8) is 0 Å². The number of amides is 1. The number of ether oxygens (including phenoxy) is 1. The molecule has 2 heterocycles. The minimum Gasteiger partial charge on any atom is -0.444 e. The quantitative estimate of drug-likeness (QED) is 0.308. The first-order chi connectivity index (χ1) is 15.3. The summed E-state index contributed by atoms with van der Waals surface area (Å²) in [7, 11) is 1.83. The van der Waals surface area contributed by atoms with Crippen LogP contribution >= 0.6 is 24.0 Å². The lowest BCUT2D eigenvalue weighted by Crippen LogP contribution is -2.48. The first-order valence-corrected chi connectivity index (χ1v) is 11.7. The highest BCUT2D eigenvalue weighted by atomic mass is 127. The van der Waals surface area contributed by atoms with Gasteiger partial charge in [0.15, 0.2) is 5.96 Å². The number of halogens is 1. The molecule has 0 aliphatic carbocycles. The summed E-state index contributed by atoms with van der Waals surface area (Å²) in [5.41, 5.74) is 1.61. The van der Waals surface area contributed by atoms with Crippen LogP contribution in [0.1, 0.15) is 46.4 Å². The van der Waals surface area contributed by atoms with Crippen LogP contribution in [0.15, 0.2) is 29.3 Å². The molecule has 0 spiro atoms. The lowest BCUT2D eigenvalue weighted by molar-refractivity contribution is 0.0214. The minimum atomic E-state index is -0.464. The lowest BCUT2D eigenvalue weighted by atomic mass is 9.96. The number of fused-ring (bicyclic) bond motifs is 1. The number of benzene rings is 1. The molecule has 1 aliphatic rings. The van der Waals surface area contributed by atoms with E-state index in [2.05, 4.69) is 25.2 Å². The number of carbonyl (C=O) groups excluding carboxylic acids is 1. The number of carbonyl (C=O) groups is 1. The van der Waals surface area contributed by atoms with E-state index < -0.39 is 5.60 Å². The molecule has 0 saturated carbocycles. The largest absolute Gasteiger partial charge is 0.444 e. The fraction of sp³-hybridized carbons (Fsp3) is 0.625. The number of rotatable bonds is 6. The van der Waals surface area contributed by atoms with E-state index in [-0.39, 0.29) is 30.1 Å². The smallest absolute Gasteiger partial charge is 0.410 e. The fourth-order valence-electron chi connectivity index (χ4n) is 4.05. The summed E-state index contributed by atoms with van der Waals surface area (Å²) in [6.07, 6.45) is 2.66. The van der Waals surface area contributed by atoms with E-state index in [1.807, 2.05) is 63.9 Å². The summed E-state index contributed by atoms with van der Waals surface area (Å²) >= 11 is 0. The molecular weight excluding hydrogens is 531 g/mol. The Kier molecular flexibility index (Phi) is 10.2. The standard InChI is InChI=1S/C24H38N6O2.HI/c1-6-29(23(31)32-24(2,3)4)17-18-12-15-30(16-13-18)22(25-5)26-14-11-21-27-19-9-7-8-10-20(19)28-21;/h7-10,18H,6,11-17H2,1-5H3,(H,25,26)(H,27,28);1H. The molecule has 1 aromatic carbocycles. The van der Waals surface area contributed by atoms with Crippen LogP contribution in [0.5, 0.6) is 0 Å².